The lowest BCUT2D eigenvalue weighted by molar-refractivity contribution is 0.584. The van der Waals surface area contributed by atoms with Gasteiger partial charge in [0.2, 0.25) is 0 Å². The summed E-state index contributed by atoms with van der Waals surface area (Å²) in [6.45, 7) is 3.28. The van der Waals surface area contributed by atoms with Crippen LogP contribution in [0.1, 0.15) is 12.5 Å². The van der Waals surface area contributed by atoms with E-state index in [-0.39, 0.29) is 0 Å². The second-order valence-corrected chi connectivity index (χ2v) is 3.72. The number of nitrogens with one attached hydrogen (secondary N) is 1. The van der Waals surface area contributed by atoms with E-state index < -0.39 is 11.6 Å². The third-order valence-corrected chi connectivity index (χ3v) is 2.37. The van der Waals surface area contributed by atoms with Crippen LogP contribution in [0.4, 0.5) is 14.5 Å². The zero-order valence-corrected chi connectivity index (χ0v) is 9.45. The van der Waals surface area contributed by atoms with E-state index in [2.05, 4.69) is 10.4 Å². The van der Waals surface area contributed by atoms with Crippen molar-refractivity contribution in [2.24, 2.45) is 0 Å². The van der Waals surface area contributed by atoms with Crippen LogP contribution < -0.4 is 5.32 Å². The van der Waals surface area contributed by atoms with Crippen LogP contribution >= 0.6 is 0 Å². The van der Waals surface area contributed by atoms with Crippen LogP contribution in [0.15, 0.2) is 30.6 Å². The summed E-state index contributed by atoms with van der Waals surface area (Å²) in [5.41, 5.74) is 1.39. The van der Waals surface area contributed by atoms with Crippen LogP contribution in [0.2, 0.25) is 0 Å². The molecule has 0 radical (unpaired) electrons. The fourth-order valence-corrected chi connectivity index (χ4v) is 1.53. The minimum atomic E-state index is -0.586. The standard InChI is InChI=1S/C12H13F2N3/c1-2-17-8-9(7-16-17)6-15-12-4-10(13)3-11(14)5-12/h3-5,7-8,15H,2,6H2,1H3. The molecule has 3 nitrogen and oxygen atoms in total. The Bertz CT molecular complexity index is 488. The van der Waals surface area contributed by atoms with Gasteiger partial charge in [-0.3, -0.25) is 4.68 Å². The Morgan fingerprint density at radius 1 is 1.24 bits per heavy atom. The van der Waals surface area contributed by atoms with Crippen molar-refractivity contribution in [3.05, 3.63) is 47.8 Å². The summed E-state index contributed by atoms with van der Waals surface area (Å²) in [5.74, 6) is -1.17. The normalized spacial score (nSPS) is 10.5. The molecule has 0 spiro atoms. The second-order valence-electron chi connectivity index (χ2n) is 3.72. The van der Waals surface area contributed by atoms with Crippen molar-refractivity contribution >= 4 is 5.69 Å². The van der Waals surface area contributed by atoms with Crippen molar-refractivity contribution in [3.63, 3.8) is 0 Å². The van der Waals surface area contributed by atoms with Crippen LogP contribution in [0.5, 0.6) is 0 Å². The molecular formula is C12H13F2N3. The molecule has 90 valence electrons. The van der Waals surface area contributed by atoms with E-state index >= 15 is 0 Å². The molecule has 0 amide bonds. The number of halogens is 2. The largest absolute Gasteiger partial charge is 0.381 e. The van der Waals surface area contributed by atoms with Gasteiger partial charge >= 0.3 is 0 Å². The van der Waals surface area contributed by atoms with Crippen molar-refractivity contribution in [2.45, 2.75) is 20.0 Å². The number of aromatic nitrogens is 2. The summed E-state index contributed by atoms with van der Waals surface area (Å²) in [6.07, 6.45) is 3.62. The van der Waals surface area contributed by atoms with Gasteiger partial charge in [0.05, 0.1) is 6.20 Å². The quantitative estimate of drug-likeness (QED) is 0.886. The monoisotopic (exact) mass is 237 g/mol. The van der Waals surface area contributed by atoms with Crippen molar-refractivity contribution in [2.75, 3.05) is 5.32 Å². The Balaban J connectivity index is 2.01. The lowest BCUT2D eigenvalue weighted by Crippen LogP contribution is -1.99. The minimum Gasteiger partial charge on any atom is -0.381 e. The summed E-state index contributed by atoms with van der Waals surface area (Å²) >= 11 is 0. The van der Waals surface area contributed by atoms with E-state index in [4.69, 9.17) is 0 Å². The average molecular weight is 237 g/mol. The number of hydrogen-bond acceptors (Lipinski definition) is 2. The number of nitrogens with zero attached hydrogens (tertiary/aromatic N) is 2. The topological polar surface area (TPSA) is 29.9 Å². The smallest absolute Gasteiger partial charge is 0.128 e. The fraction of sp³-hybridized carbons (Fsp3) is 0.250. The maximum Gasteiger partial charge on any atom is 0.128 e. The van der Waals surface area contributed by atoms with E-state index in [0.29, 0.717) is 12.2 Å². The molecule has 0 saturated heterocycles. The van der Waals surface area contributed by atoms with Gasteiger partial charge in [-0.25, -0.2) is 8.78 Å². The number of benzene rings is 1. The van der Waals surface area contributed by atoms with Crippen LogP contribution in [0.3, 0.4) is 0 Å². The Morgan fingerprint density at radius 3 is 2.53 bits per heavy atom. The van der Waals surface area contributed by atoms with Crippen LogP contribution in [-0.4, -0.2) is 9.78 Å². The molecule has 1 aromatic carbocycles. The predicted molar refractivity (Wildman–Crippen MR) is 61.6 cm³/mol. The van der Waals surface area contributed by atoms with Crippen molar-refractivity contribution in [3.8, 4) is 0 Å². The Hall–Kier alpha value is -1.91. The van der Waals surface area contributed by atoms with E-state index in [0.717, 1.165) is 18.2 Å². The highest BCUT2D eigenvalue weighted by molar-refractivity contribution is 5.44. The number of aryl methyl sites for hydroxylation is 1. The molecular weight excluding hydrogens is 224 g/mol. The Kier molecular flexibility index (Phi) is 3.37. The third-order valence-electron chi connectivity index (χ3n) is 2.37. The zero-order valence-electron chi connectivity index (χ0n) is 9.45. The molecule has 5 heteroatoms. The molecule has 2 rings (SSSR count). The zero-order chi connectivity index (χ0) is 12.3. The molecule has 2 aromatic rings. The first-order valence-electron chi connectivity index (χ1n) is 5.38. The first-order chi connectivity index (χ1) is 8.17. The Labute approximate surface area is 98.1 Å². The molecule has 0 aliphatic carbocycles. The van der Waals surface area contributed by atoms with Gasteiger partial charge < -0.3 is 5.32 Å². The van der Waals surface area contributed by atoms with Crippen molar-refractivity contribution in [1.82, 2.24) is 9.78 Å². The van der Waals surface area contributed by atoms with E-state index in [1.54, 1.807) is 10.9 Å². The maximum atomic E-state index is 12.9. The number of anilines is 1. The highest BCUT2D eigenvalue weighted by Crippen LogP contribution is 2.13. The molecule has 0 bridgehead atoms. The van der Waals surface area contributed by atoms with E-state index in [1.807, 2.05) is 13.1 Å². The van der Waals surface area contributed by atoms with Crippen molar-refractivity contribution < 1.29 is 8.78 Å². The van der Waals surface area contributed by atoms with E-state index in [9.17, 15) is 8.78 Å². The van der Waals surface area contributed by atoms with Crippen LogP contribution in [-0.2, 0) is 13.1 Å². The molecule has 1 heterocycles. The highest BCUT2D eigenvalue weighted by Gasteiger charge is 2.01. The van der Waals surface area contributed by atoms with Gasteiger partial charge in [-0.2, -0.15) is 5.10 Å². The molecule has 0 aliphatic heterocycles. The number of rotatable bonds is 4. The second kappa shape index (κ2) is 4.95. The van der Waals surface area contributed by atoms with Gasteiger partial charge in [0, 0.05) is 36.6 Å². The molecule has 17 heavy (non-hydrogen) atoms. The first kappa shape index (κ1) is 11.6. The first-order valence-corrected chi connectivity index (χ1v) is 5.38. The third kappa shape index (κ3) is 3.03. The molecule has 1 N–H and O–H groups in total. The highest BCUT2D eigenvalue weighted by atomic mass is 19.1. The molecule has 0 unspecified atom stereocenters. The van der Waals surface area contributed by atoms with Gasteiger partial charge in [-0.1, -0.05) is 0 Å². The summed E-state index contributed by atoms with van der Waals surface area (Å²) in [7, 11) is 0. The lowest BCUT2D eigenvalue weighted by atomic mass is 10.3. The van der Waals surface area contributed by atoms with Crippen LogP contribution in [0.25, 0.3) is 0 Å². The average Bonchev–Trinajstić information content (AvgIpc) is 2.73. The van der Waals surface area contributed by atoms with Gasteiger partial charge in [0.15, 0.2) is 0 Å². The molecule has 0 fully saturated rings. The number of hydrogen-bond donors (Lipinski definition) is 1. The van der Waals surface area contributed by atoms with Crippen LogP contribution in [0, 0.1) is 11.6 Å². The maximum absolute atomic E-state index is 12.9. The lowest BCUT2D eigenvalue weighted by Gasteiger charge is -2.04. The van der Waals surface area contributed by atoms with E-state index in [1.165, 1.54) is 12.1 Å². The van der Waals surface area contributed by atoms with Gasteiger partial charge in [0.25, 0.3) is 0 Å². The summed E-state index contributed by atoms with van der Waals surface area (Å²) in [5, 5.41) is 7.06. The molecule has 0 aliphatic rings. The minimum absolute atomic E-state index is 0.423. The fourth-order valence-electron chi connectivity index (χ4n) is 1.53. The summed E-state index contributed by atoms with van der Waals surface area (Å²) in [6, 6.07) is 3.36. The SMILES string of the molecule is CCn1cc(CNc2cc(F)cc(F)c2)cn1. The van der Waals surface area contributed by atoms with Gasteiger partial charge in [-0.05, 0) is 19.1 Å². The predicted octanol–water partition coefficient (Wildman–Crippen LogP) is 2.79. The molecule has 0 atom stereocenters. The molecule has 1 aromatic heterocycles. The Morgan fingerprint density at radius 2 is 1.94 bits per heavy atom. The molecule has 0 saturated carbocycles. The summed E-state index contributed by atoms with van der Waals surface area (Å²) < 4.78 is 27.6. The van der Waals surface area contributed by atoms with Gasteiger partial charge in [-0.15, -0.1) is 0 Å². The van der Waals surface area contributed by atoms with Gasteiger partial charge in [0.1, 0.15) is 11.6 Å². The van der Waals surface area contributed by atoms with Crippen molar-refractivity contribution in [1.29, 1.82) is 0 Å². The summed E-state index contributed by atoms with van der Waals surface area (Å²) in [4.78, 5) is 0.